The summed E-state index contributed by atoms with van der Waals surface area (Å²) in [6, 6.07) is 18.9. The molecule has 4 heteroatoms. The first-order valence-corrected chi connectivity index (χ1v) is 11.7. The molecule has 1 heterocycles. The Kier molecular flexibility index (Phi) is 5.11. The fraction of sp³-hybridized carbons (Fsp3) is 0.308. The van der Waals surface area contributed by atoms with Crippen LogP contribution < -0.4 is 5.56 Å². The van der Waals surface area contributed by atoms with E-state index in [1.54, 1.807) is 17.8 Å². The summed E-state index contributed by atoms with van der Waals surface area (Å²) in [5.41, 5.74) is 4.57. The minimum absolute atomic E-state index is 0.108. The molecule has 152 valence electrons. The average Bonchev–Trinajstić information content (AvgIpc) is 3.25. The van der Waals surface area contributed by atoms with Crippen LogP contribution in [0.25, 0.3) is 11.3 Å². The lowest BCUT2D eigenvalue weighted by molar-refractivity contribution is 0.428. The van der Waals surface area contributed by atoms with Gasteiger partial charge < -0.3 is 0 Å². The molecule has 0 N–H and O–H groups in total. The van der Waals surface area contributed by atoms with Crippen LogP contribution in [0.4, 0.5) is 0 Å². The SMILES string of the molecule is C=CCn1c(CSc2ccccc2)nc2c(c1=O)CC1(CCCC1)c1ccccc1-2. The maximum Gasteiger partial charge on any atom is 0.257 e. The second-order valence-electron chi connectivity index (χ2n) is 8.37. The molecular weight excluding hydrogens is 388 g/mol. The van der Waals surface area contributed by atoms with Crippen molar-refractivity contribution in [3.63, 3.8) is 0 Å². The molecule has 3 aromatic rings. The minimum atomic E-state index is 0.108. The van der Waals surface area contributed by atoms with E-state index in [9.17, 15) is 4.79 Å². The van der Waals surface area contributed by atoms with Gasteiger partial charge in [0.15, 0.2) is 0 Å². The Morgan fingerprint density at radius 3 is 2.57 bits per heavy atom. The number of hydrogen-bond donors (Lipinski definition) is 0. The largest absolute Gasteiger partial charge is 0.292 e. The van der Waals surface area contributed by atoms with Gasteiger partial charge in [0.1, 0.15) is 5.82 Å². The van der Waals surface area contributed by atoms with Crippen LogP contribution in [0.5, 0.6) is 0 Å². The van der Waals surface area contributed by atoms with E-state index in [1.807, 2.05) is 22.8 Å². The maximum atomic E-state index is 13.7. The number of aromatic nitrogens is 2. The second-order valence-corrected chi connectivity index (χ2v) is 9.42. The number of thioether (sulfide) groups is 1. The Labute approximate surface area is 181 Å². The zero-order valence-electron chi connectivity index (χ0n) is 17.1. The highest BCUT2D eigenvalue weighted by atomic mass is 32.2. The van der Waals surface area contributed by atoms with Gasteiger partial charge >= 0.3 is 0 Å². The predicted molar refractivity (Wildman–Crippen MR) is 124 cm³/mol. The molecule has 1 spiro atoms. The van der Waals surface area contributed by atoms with Crippen molar-refractivity contribution in [1.82, 2.24) is 9.55 Å². The first-order valence-electron chi connectivity index (χ1n) is 10.7. The number of hydrogen-bond acceptors (Lipinski definition) is 3. The molecule has 1 fully saturated rings. The first-order chi connectivity index (χ1) is 14.7. The number of rotatable bonds is 5. The summed E-state index contributed by atoms with van der Waals surface area (Å²) in [6.45, 7) is 4.38. The molecule has 0 amide bonds. The molecule has 3 nitrogen and oxygen atoms in total. The van der Waals surface area contributed by atoms with Crippen molar-refractivity contribution >= 4 is 11.8 Å². The van der Waals surface area contributed by atoms with Crippen LogP contribution in [-0.2, 0) is 24.1 Å². The zero-order valence-corrected chi connectivity index (χ0v) is 18.0. The van der Waals surface area contributed by atoms with Gasteiger partial charge in [-0.1, -0.05) is 61.4 Å². The van der Waals surface area contributed by atoms with Crippen LogP contribution in [0.2, 0.25) is 0 Å². The Morgan fingerprint density at radius 2 is 1.80 bits per heavy atom. The van der Waals surface area contributed by atoms with Crippen LogP contribution in [0.3, 0.4) is 0 Å². The second kappa shape index (κ2) is 7.92. The Balaban J connectivity index is 1.63. The van der Waals surface area contributed by atoms with Crippen LogP contribution in [0, 0.1) is 0 Å². The number of benzene rings is 2. The molecule has 1 aromatic heterocycles. The molecule has 30 heavy (non-hydrogen) atoms. The number of nitrogens with zero attached hydrogens (tertiary/aromatic N) is 2. The van der Waals surface area contributed by atoms with Crippen molar-refractivity contribution in [3.8, 4) is 11.3 Å². The smallest absolute Gasteiger partial charge is 0.257 e. The van der Waals surface area contributed by atoms with E-state index < -0.39 is 0 Å². The van der Waals surface area contributed by atoms with Gasteiger partial charge in [0.2, 0.25) is 0 Å². The molecule has 2 aromatic carbocycles. The number of allylic oxidation sites excluding steroid dienone is 1. The zero-order chi connectivity index (χ0) is 20.6. The highest BCUT2D eigenvalue weighted by molar-refractivity contribution is 7.98. The quantitative estimate of drug-likeness (QED) is 0.393. The van der Waals surface area contributed by atoms with E-state index in [0.29, 0.717) is 12.3 Å². The van der Waals surface area contributed by atoms with Gasteiger partial charge in [-0.25, -0.2) is 4.98 Å². The number of fused-ring (bicyclic) bond motifs is 4. The molecule has 0 unspecified atom stereocenters. The predicted octanol–water partition coefficient (Wildman–Crippen LogP) is 5.76. The topological polar surface area (TPSA) is 34.9 Å². The summed E-state index contributed by atoms with van der Waals surface area (Å²) in [4.78, 5) is 19.9. The van der Waals surface area contributed by atoms with E-state index in [4.69, 9.17) is 4.98 Å². The summed E-state index contributed by atoms with van der Waals surface area (Å²) in [5, 5.41) is 0. The maximum absolute atomic E-state index is 13.7. The third kappa shape index (κ3) is 3.24. The summed E-state index contributed by atoms with van der Waals surface area (Å²) in [5.74, 6) is 1.48. The van der Waals surface area contributed by atoms with Crippen LogP contribution >= 0.6 is 11.8 Å². The van der Waals surface area contributed by atoms with Gasteiger partial charge in [-0.3, -0.25) is 9.36 Å². The van der Waals surface area contributed by atoms with Crippen molar-refractivity contribution in [2.45, 2.75) is 54.7 Å². The molecule has 5 rings (SSSR count). The summed E-state index contributed by atoms with van der Waals surface area (Å²) in [7, 11) is 0. The molecule has 1 saturated carbocycles. The molecule has 2 aliphatic rings. The van der Waals surface area contributed by atoms with Gasteiger partial charge in [-0.15, -0.1) is 18.3 Å². The lowest BCUT2D eigenvalue weighted by Gasteiger charge is -2.36. The van der Waals surface area contributed by atoms with E-state index in [0.717, 1.165) is 41.9 Å². The fourth-order valence-electron chi connectivity index (χ4n) is 5.20. The van der Waals surface area contributed by atoms with Gasteiger partial charge in [-0.05, 0) is 37.0 Å². The van der Waals surface area contributed by atoms with Crippen molar-refractivity contribution in [2.75, 3.05) is 0 Å². The molecular formula is C26H26N2OS. The normalized spacial score (nSPS) is 16.3. The third-order valence-electron chi connectivity index (χ3n) is 6.59. The van der Waals surface area contributed by atoms with E-state index in [2.05, 4.69) is 43.0 Å². The van der Waals surface area contributed by atoms with Crippen molar-refractivity contribution in [3.05, 3.63) is 94.6 Å². The van der Waals surface area contributed by atoms with E-state index in [1.165, 1.54) is 23.3 Å². The van der Waals surface area contributed by atoms with Crippen molar-refractivity contribution in [2.24, 2.45) is 0 Å². The van der Waals surface area contributed by atoms with Crippen molar-refractivity contribution in [1.29, 1.82) is 0 Å². The minimum Gasteiger partial charge on any atom is -0.292 e. The Morgan fingerprint density at radius 1 is 1.07 bits per heavy atom. The Hall–Kier alpha value is -2.59. The van der Waals surface area contributed by atoms with Gasteiger partial charge in [0.05, 0.1) is 11.4 Å². The lowest BCUT2D eigenvalue weighted by Crippen LogP contribution is -2.37. The molecule has 0 radical (unpaired) electrons. The van der Waals surface area contributed by atoms with E-state index >= 15 is 0 Å². The molecule has 0 bridgehead atoms. The summed E-state index contributed by atoms with van der Waals surface area (Å²) >= 11 is 1.72. The monoisotopic (exact) mass is 414 g/mol. The van der Waals surface area contributed by atoms with Crippen LogP contribution in [0.1, 0.15) is 42.6 Å². The molecule has 0 atom stereocenters. The molecule has 0 saturated heterocycles. The van der Waals surface area contributed by atoms with E-state index in [-0.39, 0.29) is 11.0 Å². The summed E-state index contributed by atoms with van der Waals surface area (Å²) in [6.07, 6.45) is 7.42. The standard InChI is InChI=1S/C26H26N2OS/c1-2-16-28-23(18-30-19-10-4-3-5-11-19)27-24-20-12-6-7-13-22(20)26(14-8-9-15-26)17-21(24)25(28)29/h2-7,10-13H,1,8-9,14-18H2. The van der Waals surface area contributed by atoms with Gasteiger partial charge in [0.25, 0.3) is 5.56 Å². The highest BCUT2D eigenvalue weighted by Crippen LogP contribution is 2.50. The van der Waals surface area contributed by atoms with Gasteiger partial charge in [-0.2, -0.15) is 0 Å². The third-order valence-corrected chi connectivity index (χ3v) is 7.60. The van der Waals surface area contributed by atoms with Crippen LogP contribution in [0.15, 0.2) is 76.9 Å². The van der Waals surface area contributed by atoms with Crippen LogP contribution in [-0.4, -0.2) is 9.55 Å². The molecule has 0 aliphatic heterocycles. The highest BCUT2D eigenvalue weighted by Gasteiger charge is 2.42. The fourth-order valence-corrected chi connectivity index (χ4v) is 6.06. The summed E-state index contributed by atoms with van der Waals surface area (Å²) < 4.78 is 1.83. The first kappa shape index (κ1) is 19.4. The molecule has 2 aliphatic carbocycles. The van der Waals surface area contributed by atoms with Crippen molar-refractivity contribution < 1.29 is 0 Å². The lowest BCUT2D eigenvalue weighted by atomic mass is 9.68. The Bertz CT molecular complexity index is 1140. The average molecular weight is 415 g/mol. The van der Waals surface area contributed by atoms with Gasteiger partial charge in [0, 0.05) is 28.0 Å².